The van der Waals surface area contributed by atoms with Crippen LogP contribution in [0.5, 0.6) is 0 Å². The quantitative estimate of drug-likeness (QED) is 0.392. The van der Waals surface area contributed by atoms with Gasteiger partial charge in [-0.3, -0.25) is 4.79 Å². The molecule has 0 aromatic rings. The summed E-state index contributed by atoms with van der Waals surface area (Å²) in [6, 6.07) is 0. The Labute approximate surface area is 163 Å². The van der Waals surface area contributed by atoms with Crippen LogP contribution < -0.4 is 0 Å². The first-order chi connectivity index (χ1) is 11.7. The van der Waals surface area contributed by atoms with Gasteiger partial charge >= 0.3 is 0 Å². The molecule has 0 spiro atoms. The standard InChI is InChI=1S/C22H32Cl2O/c1-15(2)8-6-9-16(3)10-7-11-17(4)12-13-19-14-20(23)21(24)22(25)18(19)5/h8,10,12,18-19H,6-7,9,11,13-14H2,1-5H3/b16-10+,17-12+. The summed E-state index contributed by atoms with van der Waals surface area (Å²) in [6.07, 6.45) is 12.9. The van der Waals surface area contributed by atoms with Crippen LogP contribution >= 0.6 is 23.2 Å². The maximum atomic E-state index is 12.1. The maximum absolute atomic E-state index is 12.1. The molecule has 0 fully saturated rings. The number of halogens is 2. The number of hydrogen-bond donors (Lipinski definition) is 0. The zero-order valence-corrected chi connectivity index (χ0v) is 17.8. The normalized spacial score (nSPS) is 22.4. The molecule has 0 N–H and O–H groups in total. The minimum Gasteiger partial charge on any atom is -0.293 e. The fraction of sp³-hybridized carbons (Fsp3) is 0.591. The molecule has 140 valence electrons. The Morgan fingerprint density at radius 2 is 1.56 bits per heavy atom. The Bertz CT molecular complexity index is 589. The lowest BCUT2D eigenvalue weighted by molar-refractivity contribution is -0.120. The van der Waals surface area contributed by atoms with Crippen molar-refractivity contribution in [2.45, 2.75) is 73.1 Å². The van der Waals surface area contributed by atoms with E-state index in [-0.39, 0.29) is 22.7 Å². The SMILES string of the molecule is CC(C)=CCC/C(C)=C/CC/C(C)=C/CC1CC(Cl)=C(Cl)C(=O)C1C. The maximum Gasteiger partial charge on any atom is 0.178 e. The van der Waals surface area contributed by atoms with Crippen LogP contribution in [0.4, 0.5) is 0 Å². The molecule has 0 aromatic carbocycles. The van der Waals surface area contributed by atoms with Crippen molar-refractivity contribution in [2.75, 3.05) is 0 Å². The van der Waals surface area contributed by atoms with Gasteiger partial charge in [-0.2, -0.15) is 0 Å². The fourth-order valence-corrected chi connectivity index (χ4v) is 3.56. The van der Waals surface area contributed by atoms with E-state index in [1.807, 2.05) is 6.92 Å². The average Bonchev–Trinajstić information content (AvgIpc) is 2.54. The number of ketones is 1. The number of Topliss-reactive ketones (excluding diaryl/α,β-unsaturated/α-hetero) is 1. The van der Waals surface area contributed by atoms with Gasteiger partial charge in [0.05, 0.1) is 5.03 Å². The first-order valence-corrected chi connectivity index (χ1v) is 10.0. The molecule has 25 heavy (non-hydrogen) atoms. The topological polar surface area (TPSA) is 17.1 Å². The van der Waals surface area contributed by atoms with Gasteiger partial charge in [0.15, 0.2) is 5.78 Å². The monoisotopic (exact) mass is 382 g/mol. The number of allylic oxidation sites excluding steroid dienone is 8. The summed E-state index contributed by atoms with van der Waals surface area (Å²) < 4.78 is 0. The van der Waals surface area contributed by atoms with Crippen molar-refractivity contribution in [2.24, 2.45) is 11.8 Å². The second kappa shape index (κ2) is 11.0. The van der Waals surface area contributed by atoms with Crippen LogP contribution in [0, 0.1) is 11.8 Å². The summed E-state index contributed by atoms with van der Waals surface area (Å²) in [6.45, 7) is 10.6. The van der Waals surface area contributed by atoms with Crippen molar-refractivity contribution in [3.8, 4) is 0 Å². The number of hydrogen-bond acceptors (Lipinski definition) is 1. The van der Waals surface area contributed by atoms with E-state index in [2.05, 4.69) is 45.9 Å². The van der Waals surface area contributed by atoms with Crippen LogP contribution in [0.25, 0.3) is 0 Å². The Morgan fingerprint density at radius 3 is 2.16 bits per heavy atom. The Balaban J connectivity index is 2.44. The third-order valence-electron chi connectivity index (χ3n) is 4.91. The summed E-state index contributed by atoms with van der Waals surface area (Å²) in [7, 11) is 0. The Kier molecular flexibility index (Phi) is 9.82. The highest BCUT2D eigenvalue weighted by Gasteiger charge is 2.32. The molecule has 0 bridgehead atoms. The van der Waals surface area contributed by atoms with Gasteiger partial charge in [-0.05, 0) is 72.1 Å². The molecule has 0 saturated heterocycles. The fourth-order valence-electron chi connectivity index (χ4n) is 3.02. The van der Waals surface area contributed by atoms with Crippen molar-refractivity contribution in [1.82, 2.24) is 0 Å². The number of carbonyl (C=O) groups is 1. The van der Waals surface area contributed by atoms with Crippen LogP contribution in [-0.2, 0) is 4.79 Å². The minimum atomic E-state index is -0.0451. The molecule has 0 saturated carbocycles. The predicted octanol–water partition coefficient (Wildman–Crippen LogP) is 7.71. The van der Waals surface area contributed by atoms with Gasteiger partial charge in [-0.1, -0.05) is 65.1 Å². The van der Waals surface area contributed by atoms with Crippen LogP contribution in [0.3, 0.4) is 0 Å². The molecule has 1 aliphatic carbocycles. The largest absolute Gasteiger partial charge is 0.293 e. The molecule has 1 nitrogen and oxygen atoms in total. The molecule has 1 rings (SSSR count). The first kappa shape index (κ1) is 22.3. The third-order valence-corrected chi connectivity index (χ3v) is 5.76. The summed E-state index contributed by atoms with van der Waals surface area (Å²) >= 11 is 12.1. The molecule has 3 heteroatoms. The van der Waals surface area contributed by atoms with E-state index >= 15 is 0 Å². The van der Waals surface area contributed by atoms with E-state index in [0.717, 1.165) is 32.1 Å². The lowest BCUT2D eigenvalue weighted by Crippen LogP contribution is -2.26. The van der Waals surface area contributed by atoms with E-state index in [0.29, 0.717) is 11.5 Å². The lowest BCUT2D eigenvalue weighted by atomic mass is 9.80. The molecule has 2 atom stereocenters. The van der Waals surface area contributed by atoms with Crippen molar-refractivity contribution < 1.29 is 4.79 Å². The summed E-state index contributed by atoms with van der Waals surface area (Å²) in [4.78, 5) is 12.1. The third kappa shape index (κ3) is 7.96. The molecular weight excluding hydrogens is 351 g/mol. The second-order valence-electron chi connectivity index (χ2n) is 7.53. The van der Waals surface area contributed by atoms with Crippen molar-refractivity contribution in [3.63, 3.8) is 0 Å². The molecule has 2 unspecified atom stereocenters. The first-order valence-electron chi connectivity index (χ1n) is 9.25. The highest BCUT2D eigenvalue weighted by molar-refractivity contribution is 6.48. The van der Waals surface area contributed by atoms with Gasteiger partial charge < -0.3 is 0 Å². The van der Waals surface area contributed by atoms with E-state index < -0.39 is 0 Å². The number of rotatable bonds is 8. The molecule has 0 heterocycles. The highest BCUT2D eigenvalue weighted by Crippen LogP contribution is 2.37. The summed E-state index contributed by atoms with van der Waals surface area (Å²) in [5.41, 5.74) is 4.23. The zero-order valence-electron chi connectivity index (χ0n) is 16.3. The van der Waals surface area contributed by atoms with E-state index in [4.69, 9.17) is 23.2 Å². The van der Waals surface area contributed by atoms with Gasteiger partial charge in [0, 0.05) is 11.0 Å². The molecule has 0 aliphatic heterocycles. The zero-order chi connectivity index (χ0) is 19.0. The molecule has 0 radical (unpaired) electrons. The van der Waals surface area contributed by atoms with Crippen LogP contribution in [0.1, 0.15) is 73.1 Å². The molecular formula is C22H32Cl2O. The highest BCUT2D eigenvalue weighted by atomic mass is 35.5. The predicted molar refractivity (Wildman–Crippen MR) is 111 cm³/mol. The summed E-state index contributed by atoms with van der Waals surface area (Å²) in [5, 5.41) is 0.760. The van der Waals surface area contributed by atoms with Gasteiger partial charge in [0.1, 0.15) is 0 Å². The van der Waals surface area contributed by atoms with E-state index in [1.54, 1.807) is 0 Å². The van der Waals surface area contributed by atoms with Crippen LogP contribution in [-0.4, -0.2) is 5.78 Å². The molecule has 0 amide bonds. The van der Waals surface area contributed by atoms with Gasteiger partial charge in [-0.15, -0.1) is 0 Å². The van der Waals surface area contributed by atoms with E-state index in [1.165, 1.54) is 16.7 Å². The molecule has 0 aromatic heterocycles. The van der Waals surface area contributed by atoms with Crippen molar-refractivity contribution in [1.29, 1.82) is 0 Å². The Hall–Kier alpha value is -0.790. The van der Waals surface area contributed by atoms with E-state index in [9.17, 15) is 4.79 Å². The molecule has 1 aliphatic rings. The average molecular weight is 383 g/mol. The van der Waals surface area contributed by atoms with Gasteiger partial charge in [0.2, 0.25) is 0 Å². The smallest absolute Gasteiger partial charge is 0.178 e. The van der Waals surface area contributed by atoms with Gasteiger partial charge in [0.25, 0.3) is 0 Å². The van der Waals surface area contributed by atoms with Crippen molar-refractivity contribution in [3.05, 3.63) is 45.0 Å². The summed E-state index contributed by atoms with van der Waals surface area (Å²) in [5.74, 6) is 0.207. The number of carbonyl (C=O) groups excluding carboxylic acids is 1. The van der Waals surface area contributed by atoms with Crippen LogP contribution in [0.15, 0.2) is 45.0 Å². The minimum absolute atomic E-state index is 0.0103. The Morgan fingerprint density at radius 1 is 1.00 bits per heavy atom. The second-order valence-corrected chi connectivity index (χ2v) is 8.37. The lowest BCUT2D eigenvalue weighted by Gasteiger charge is -2.26. The van der Waals surface area contributed by atoms with Crippen LogP contribution in [0.2, 0.25) is 0 Å². The van der Waals surface area contributed by atoms with Crippen molar-refractivity contribution >= 4 is 29.0 Å². The van der Waals surface area contributed by atoms with Gasteiger partial charge in [-0.25, -0.2) is 0 Å².